The van der Waals surface area contributed by atoms with Crippen molar-refractivity contribution < 1.29 is 23.1 Å². The van der Waals surface area contributed by atoms with Gasteiger partial charge in [-0.05, 0) is 24.0 Å². The summed E-state index contributed by atoms with van der Waals surface area (Å²) >= 11 is 0. The molecule has 3 unspecified atom stereocenters. The van der Waals surface area contributed by atoms with Crippen molar-refractivity contribution in [1.82, 2.24) is 10.2 Å². The highest BCUT2D eigenvalue weighted by Gasteiger charge is 2.36. The van der Waals surface area contributed by atoms with Crippen molar-refractivity contribution in [1.29, 1.82) is 0 Å². The smallest absolute Gasteiger partial charge is 0.317 e. The Morgan fingerprint density at radius 2 is 2.00 bits per heavy atom. The van der Waals surface area contributed by atoms with E-state index in [2.05, 4.69) is 5.32 Å². The van der Waals surface area contributed by atoms with Crippen LogP contribution < -0.4 is 5.32 Å². The van der Waals surface area contributed by atoms with Crippen molar-refractivity contribution in [3.63, 3.8) is 0 Å². The molecule has 1 aromatic carbocycles. The van der Waals surface area contributed by atoms with Crippen LogP contribution in [0.5, 0.6) is 0 Å². The first-order valence-electron chi connectivity index (χ1n) is 8.35. The molecule has 8 heteroatoms. The highest BCUT2D eigenvalue weighted by molar-refractivity contribution is 7.91. The number of rotatable bonds is 3. The number of aliphatic carboxylic acids is 1. The van der Waals surface area contributed by atoms with E-state index in [1.807, 2.05) is 6.92 Å². The van der Waals surface area contributed by atoms with Crippen molar-refractivity contribution in [2.45, 2.75) is 24.2 Å². The first kappa shape index (κ1) is 17.7. The second kappa shape index (κ2) is 6.67. The molecule has 2 amide bonds. The van der Waals surface area contributed by atoms with E-state index in [-0.39, 0.29) is 36.7 Å². The number of fused-ring (bicyclic) bond motifs is 1. The van der Waals surface area contributed by atoms with Crippen LogP contribution in [0.2, 0.25) is 0 Å². The summed E-state index contributed by atoms with van der Waals surface area (Å²) in [6, 6.07) is 6.52. The molecule has 0 bridgehead atoms. The Morgan fingerprint density at radius 1 is 1.28 bits per heavy atom. The molecule has 1 fully saturated rings. The number of nitrogens with zero attached hydrogens (tertiary/aromatic N) is 1. The average molecular weight is 366 g/mol. The van der Waals surface area contributed by atoms with Crippen molar-refractivity contribution in [2.75, 3.05) is 25.4 Å². The molecule has 2 N–H and O–H groups in total. The summed E-state index contributed by atoms with van der Waals surface area (Å²) in [4.78, 5) is 25.5. The highest BCUT2D eigenvalue weighted by Crippen LogP contribution is 2.34. The molecule has 7 nitrogen and oxygen atoms in total. The van der Waals surface area contributed by atoms with Crippen molar-refractivity contribution in [3.8, 4) is 0 Å². The highest BCUT2D eigenvalue weighted by atomic mass is 32.2. The van der Waals surface area contributed by atoms with Gasteiger partial charge in [-0.1, -0.05) is 25.1 Å². The van der Waals surface area contributed by atoms with Crippen LogP contribution in [0.15, 0.2) is 29.2 Å². The third kappa shape index (κ3) is 3.63. The Hall–Kier alpha value is -2.09. The maximum atomic E-state index is 12.4. The lowest BCUT2D eigenvalue weighted by molar-refractivity contribution is -0.143. The fourth-order valence-electron chi connectivity index (χ4n) is 3.73. The number of carboxylic acids is 1. The van der Waals surface area contributed by atoms with Crippen LogP contribution in [0, 0.1) is 11.8 Å². The summed E-state index contributed by atoms with van der Waals surface area (Å²) in [6.07, 6.45) is 0.563. The van der Waals surface area contributed by atoms with E-state index >= 15 is 0 Å². The summed E-state index contributed by atoms with van der Waals surface area (Å²) in [5, 5.41) is 12.0. The van der Waals surface area contributed by atoms with Crippen LogP contribution in [0.25, 0.3) is 0 Å². The van der Waals surface area contributed by atoms with Gasteiger partial charge >= 0.3 is 12.0 Å². The van der Waals surface area contributed by atoms with E-state index in [1.165, 1.54) is 4.90 Å². The number of hydrogen-bond acceptors (Lipinski definition) is 4. The Morgan fingerprint density at radius 3 is 2.72 bits per heavy atom. The molecular weight excluding hydrogens is 344 g/mol. The van der Waals surface area contributed by atoms with E-state index in [4.69, 9.17) is 0 Å². The minimum Gasteiger partial charge on any atom is -0.481 e. The van der Waals surface area contributed by atoms with Gasteiger partial charge in [0.2, 0.25) is 0 Å². The van der Waals surface area contributed by atoms with Crippen LogP contribution in [0.3, 0.4) is 0 Å². The van der Waals surface area contributed by atoms with Crippen LogP contribution in [0.1, 0.15) is 24.8 Å². The molecule has 0 saturated carbocycles. The molecule has 25 heavy (non-hydrogen) atoms. The number of urea groups is 1. The zero-order valence-corrected chi connectivity index (χ0v) is 14.8. The molecule has 1 saturated heterocycles. The normalized spacial score (nSPS) is 27.6. The number of sulfone groups is 1. The lowest BCUT2D eigenvalue weighted by Crippen LogP contribution is -2.50. The number of carbonyl (C=O) groups is 2. The van der Waals surface area contributed by atoms with E-state index < -0.39 is 21.7 Å². The molecule has 2 heterocycles. The van der Waals surface area contributed by atoms with Gasteiger partial charge in [0, 0.05) is 25.6 Å². The Labute approximate surface area is 146 Å². The largest absolute Gasteiger partial charge is 0.481 e. The average Bonchev–Trinajstić information content (AvgIpc) is 2.83. The second-order valence-electron chi connectivity index (χ2n) is 6.98. The third-order valence-corrected chi connectivity index (χ3v) is 6.79. The minimum absolute atomic E-state index is 0.0131. The van der Waals surface area contributed by atoms with Crippen LogP contribution in [0.4, 0.5) is 4.79 Å². The monoisotopic (exact) mass is 366 g/mol. The number of carbonyl (C=O) groups excluding carboxylic acids is 1. The number of likely N-dealkylation sites (tertiary alicyclic amines) is 1. The molecule has 3 rings (SSSR count). The fourth-order valence-corrected chi connectivity index (χ4v) is 5.62. The topological polar surface area (TPSA) is 104 Å². The molecule has 136 valence electrons. The predicted molar refractivity (Wildman–Crippen MR) is 91.1 cm³/mol. The van der Waals surface area contributed by atoms with Crippen molar-refractivity contribution in [3.05, 3.63) is 29.8 Å². The summed E-state index contributed by atoms with van der Waals surface area (Å²) in [5.74, 6) is -1.61. The van der Waals surface area contributed by atoms with Gasteiger partial charge in [-0.2, -0.15) is 0 Å². The van der Waals surface area contributed by atoms with Gasteiger partial charge in [0.05, 0.1) is 16.6 Å². The zero-order chi connectivity index (χ0) is 18.2. The third-order valence-electron chi connectivity index (χ3n) is 4.91. The van der Waals surface area contributed by atoms with Gasteiger partial charge in [-0.25, -0.2) is 13.2 Å². The van der Waals surface area contributed by atoms with Gasteiger partial charge < -0.3 is 15.3 Å². The van der Waals surface area contributed by atoms with E-state index in [0.29, 0.717) is 17.9 Å². The number of piperidine rings is 1. The molecule has 0 aliphatic carbocycles. The summed E-state index contributed by atoms with van der Waals surface area (Å²) in [7, 11) is -3.30. The lowest BCUT2D eigenvalue weighted by atomic mass is 9.91. The van der Waals surface area contributed by atoms with Gasteiger partial charge in [-0.15, -0.1) is 0 Å². The standard InChI is InChI=1S/C17H22N2O5S/c1-11-6-12(16(20)21)9-19(8-11)17(22)18-7-13-10-25(23,24)15-5-3-2-4-14(13)15/h2-5,11-13H,6-10H2,1H3,(H,18,22)(H,20,21). The SMILES string of the molecule is CC1CC(C(=O)O)CN(C(=O)NCC2CS(=O)(=O)c3ccccc32)C1. The molecule has 1 aromatic rings. The van der Waals surface area contributed by atoms with E-state index in [1.54, 1.807) is 24.3 Å². The Balaban J connectivity index is 1.64. The van der Waals surface area contributed by atoms with Gasteiger partial charge in [0.1, 0.15) is 0 Å². The minimum atomic E-state index is -3.30. The fraction of sp³-hybridized carbons (Fsp3) is 0.529. The number of nitrogens with one attached hydrogen (secondary N) is 1. The summed E-state index contributed by atoms with van der Waals surface area (Å²) < 4.78 is 24.4. The van der Waals surface area contributed by atoms with Crippen LogP contribution in [-0.4, -0.2) is 55.8 Å². The van der Waals surface area contributed by atoms with Crippen molar-refractivity contribution >= 4 is 21.8 Å². The molecule has 0 radical (unpaired) electrons. The maximum Gasteiger partial charge on any atom is 0.317 e. The lowest BCUT2D eigenvalue weighted by Gasteiger charge is -2.34. The second-order valence-corrected chi connectivity index (χ2v) is 8.99. The zero-order valence-electron chi connectivity index (χ0n) is 14.0. The summed E-state index contributed by atoms with van der Waals surface area (Å²) in [5.41, 5.74) is 0.734. The molecular formula is C17H22N2O5S. The first-order valence-corrected chi connectivity index (χ1v) is 10.0. The van der Waals surface area contributed by atoms with Crippen LogP contribution in [-0.2, 0) is 14.6 Å². The quantitative estimate of drug-likeness (QED) is 0.839. The molecule has 3 atom stereocenters. The first-order chi connectivity index (χ1) is 11.8. The number of amides is 2. The Kier molecular flexibility index (Phi) is 4.73. The molecule has 2 aliphatic heterocycles. The number of carboxylic acid groups (broad SMARTS) is 1. The molecule has 0 aromatic heterocycles. The van der Waals surface area contributed by atoms with E-state index in [0.717, 1.165) is 5.56 Å². The van der Waals surface area contributed by atoms with E-state index in [9.17, 15) is 23.1 Å². The molecule has 2 aliphatic rings. The number of hydrogen-bond donors (Lipinski definition) is 2. The van der Waals surface area contributed by atoms with Gasteiger partial charge in [-0.3, -0.25) is 4.79 Å². The number of benzene rings is 1. The molecule has 0 spiro atoms. The maximum absolute atomic E-state index is 12.4. The van der Waals surface area contributed by atoms with Crippen molar-refractivity contribution in [2.24, 2.45) is 11.8 Å². The Bertz CT molecular complexity index is 792. The predicted octanol–water partition coefficient (Wildman–Crippen LogP) is 1.31. The van der Waals surface area contributed by atoms with Gasteiger partial charge in [0.25, 0.3) is 0 Å². The van der Waals surface area contributed by atoms with Crippen LogP contribution >= 0.6 is 0 Å². The van der Waals surface area contributed by atoms with Gasteiger partial charge in [0.15, 0.2) is 9.84 Å². The summed E-state index contributed by atoms with van der Waals surface area (Å²) in [6.45, 7) is 2.84.